The van der Waals surface area contributed by atoms with Crippen molar-refractivity contribution < 1.29 is 4.74 Å². The molecular formula is C15H13Cl2N5O. The average Bonchev–Trinajstić information content (AvgIpc) is 3.06. The van der Waals surface area contributed by atoms with Gasteiger partial charge in [0, 0.05) is 22.2 Å². The van der Waals surface area contributed by atoms with Gasteiger partial charge in [-0.2, -0.15) is 5.21 Å². The van der Waals surface area contributed by atoms with Gasteiger partial charge < -0.3 is 10.1 Å². The summed E-state index contributed by atoms with van der Waals surface area (Å²) in [6.45, 7) is 0.941. The first-order valence-corrected chi connectivity index (χ1v) is 7.59. The van der Waals surface area contributed by atoms with E-state index in [4.69, 9.17) is 27.9 Å². The highest BCUT2D eigenvalue weighted by molar-refractivity contribution is 6.35. The molecule has 0 aliphatic rings. The molecule has 1 aromatic heterocycles. The van der Waals surface area contributed by atoms with E-state index in [1.807, 2.05) is 30.3 Å². The number of aromatic amines is 1. The monoisotopic (exact) mass is 349 g/mol. The molecule has 0 amide bonds. The van der Waals surface area contributed by atoms with E-state index in [1.54, 1.807) is 12.1 Å². The summed E-state index contributed by atoms with van der Waals surface area (Å²) in [6.07, 6.45) is 0. The number of nitrogens with one attached hydrogen (secondary N) is 2. The van der Waals surface area contributed by atoms with E-state index in [9.17, 15) is 0 Å². The Morgan fingerprint density at radius 1 is 1.13 bits per heavy atom. The smallest absolute Gasteiger partial charge is 0.263 e. The molecule has 2 N–H and O–H groups in total. The van der Waals surface area contributed by atoms with Crippen LogP contribution in [0.5, 0.6) is 5.75 Å². The van der Waals surface area contributed by atoms with Gasteiger partial charge in [0.15, 0.2) is 0 Å². The van der Waals surface area contributed by atoms with Gasteiger partial charge in [0.1, 0.15) is 12.4 Å². The van der Waals surface area contributed by atoms with Gasteiger partial charge in [0.25, 0.3) is 5.95 Å². The summed E-state index contributed by atoms with van der Waals surface area (Å²) in [5.41, 5.74) is 1.92. The third-order valence-corrected chi connectivity index (χ3v) is 3.69. The van der Waals surface area contributed by atoms with Crippen LogP contribution in [-0.4, -0.2) is 20.6 Å². The van der Waals surface area contributed by atoms with Crippen LogP contribution in [0.4, 0.5) is 5.95 Å². The SMILES string of the molecule is Clc1ccc(COc2cccc(CNc3nn[nH]n3)c2)c(Cl)c1. The molecule has 0 aliphatic carbocycles. The molecule has 2 aromatic carbocycles. The van der Waals surface area contributed by atoms with E-state index in [2.05, 4.69) is 25.9 Å². The van der Waals surface area contributed by atoms with Crippen molar-refractivity contribution >= 4 is 29.2 Å². The second kappa shape index (κ2) is 7.30. The summed E-state index contributed by atoms with van der Waals surface area (Å²) in [6, 6.07) is 13.1. The van der Waals surface area contributed by atoms with Gasteiger partial charge in [0.05, 0.1) is 0 Å². The minimum absolute atomic E-state index is 0.373. The molecule has 0 atom stereocenters. The number of benzene rings is 2. The van der Waals surface area contributed by atoms with Crippen LogP contribution in [0.2, 0.25) is 10.0 Å². The predicted octanol–water partition coefficient (Wildman–Crippen LogP) is 3.70. The molecule has 0 bridgehead atoms. The second-order valence-electron chi connectivity index (χ2n) is 4.76. The van der Waals surface area contributed by atoms with E-state index in [1.165, 1.54) is 0 Å². The van der Waals surface area contributed by atoms with E-state index in [0.717, 1.165) is 16.9 Å². The number of aromatic nitrogens is 4. The van der Waals surface area contributed by atoms with Crippen molar-refractivity contribution in [3.05, 3.63) is 63.6 Å². The number of hydrogen-bond donors (Lipinski definition) is 2. The topological polar surface area (TPSA) is 75.7 Å². The van der Waals surface area contributed by atoms with Gasteiger partial charge in [0.2, 0.25) is 0 Å². The van der Waals surface area contributed by atoms with Crippen LogP contribution in [0, 0.1) is 0 Å². The summed E-state index contributed by atoms with van der Waals surface area (Å²) in [5, 5.41) is 17.8. The Morgan fingerprint density at radius 3 is 2.83 bits per heavy atom. The van der Waals surface area contributed by atoms with Crippen LogP contribution in [0.25, 0.3) is 0 Å². The summed E-state index contributed by atoms with van der Waals surface area (Å²) >= 11 is 12.0. The normalized spacial score (nSPS) is 10.5. The molecule has 23 heavy (non-hydrogen) atoms. The lowest BCUT2D eigenvalue weighted by Gasteiger charge is -2.10. The fourth-order valence-corrected chi connectivity index (χ4v) is 2.43. The largest absolute Gasteiger partial charge is 0.489 e. The van der Waals surface area contributed by atoms with E-state index in [0.29, 0.717) is 29.1 Å². The summed E-state index contributed by atoms with van der Waals surface area (Å²) in [5.74, 6) is 1.20. The van der Waals surface area contributed by atoms with Gasteiger partial charge in [-0.05, 0) is 35.0 Å². The fourth-order valence-electron chi connectivity index (χ4n) is 1.96. The van der Waals surface area contributed by atoms with Gasteiger partial charge >= 0.3 is 0 Å². The van der Waals surface area contributed by atoms with Crippen molar-refractivity contribution in [2.75, 3.05) is 5.32 Å². The van der Waals surface area contributed by atoms with Crippen LogP contribution in [0.15, 0.2) is 42.5 Å². The molecule has 8 heteroatoms. The van der Waals surface area contributed by atoms with Crippen molar-refractivity contribution in [1.82, 2.24) is 20.6 Å². The maximum Gasteiger partial charge on any atom is 0.263 e. The Balaban J connectivity index is 1.60. The molecule has 3 aromatic rings. The van der Waals surface area contributed by atoms with Crippen molar-refractivity contribution in [3.8, 4) is 5.75 Å². The zero-order valence-electron chi connectivity index (χ0n) is 12.0. The molecule has 0 saturated carbocycles. The third-order valence-electron chi connectivity index (χ3n) is 3.10. The second-order valence-corrected chi connectivity index (χ2v) is 5.60. The van der Waals surface area contributed by atoms with Crippen molar-refractivity contribution in [1.29, 1.82) is 0 Å². The van der Waals surface area contributed by atoms with Gasteiger partial charge in [-0.25, -0.2) is 0 Å². The minimum Gasteiger partial charge on any atom is -0.489 e. The maximum absolute atomic E-state index is 6.14. The first-order valence-electron chi connectivity index (χ1n) is 6.84. The molecule has 118 valence electrons. The first kappa shape index (κ1) is 15.6. The Hall–Kier alpha value is -2.31. The molecule has 0 fully saturated rings. The number of H-pyrrole nitrogens is 1. The molecule has 0 aliphatic heterocycles. The minimum atomic E-state index is 0.373. The van der Waals surface area contributed by atoms with Crippen LogP contribution in [0.3, 0.4) is 0 Å². The molecule has 0 saturated heterocycles. The Bertz CT molecular complexity index is 779. The zero-order valence-corrected chi connectivity index (χ0v) is 13.5. The fraction of sp³-hybridized carbons (Fsp3) is 0.133. The molecule has 1 heterocycles. The number of halogens is 2. The molecule has 0 unspecified atom stereocenters. The van der Waals surface area contributed by atoms with Gasteiger partial charge in [-0.15, -0.1) is 5.10 Å². The van der Waals surface area contributed by atoms with Gasteiger partial charge in [-0.1, -0.05) is 46.5 Å². The number of anilines is 1. The number of tetrazole rings is 1. The lowest BCUT2D eigenvalue weighted by molar-refractivity contribution is 0.306. The zero-order chi connectivity index (χ0) is 16.1. The number of ether oxygens (including phenoxy) is 1. The van der Waals surface area contributed by atoms with E-state index in [-0.39, 0.29) is 0 Å². The first-order chi connectivity index (χ1) is 11.2. The van der Waals surface area contributed by atoms with Crippen molar-refractivity contribution in [3.63, 3.8) is 0 Å². The highest BCUT2D eigenvalue weighted by atomic mass is 35.5. The summed E-state index contributed by atoms with van der Waals surface area (Å²) in [4.78, 5) is 0. The lowest BCUT2D eigenvalue weighted by atomic mass is 10.2. The van der Waals surface area contributed by atoms with Crippen LogP contribution in [0.1, 0.15) is 11.1 Å². The maximum atomic E-state index is 6.14. The number of nitrogens with zero attached hydrogens (tertiary/aromatic N) is 3. The summed E-state index contributed by atoms with van der Waals surface area (Å²) < 4.78 is 5.79. The van der Waals surface area contributed by atoms with Crippen LogP contribution in [-0.2, 0) is 13.2 Å². The lowest BCUT2D eigenvalue weighted by Crippen LogP contribution is -2.02. The Morgan fingerprint density at radius 2 is 2.04 bits per heavy atom. The molecule has 0 spiro atoms. The predicted molar refractivity (Wildman–Crippen MR) is 88.7 cm³/mol. The average molecular weight is 350 g/mol. The number of hydrogen-bond acceptors (Lipinski definition) is 5. The van der Waals surface area contributed by atoms with Crippen LogP contribution < -0.4 is 10.1 Å². The highest BCUT2D eigenvalue weighted by Crippen LogP contribution is 2.23. The van der Waals surface area contributed by atoms with Crippen molar-refractivity contribution in [2.45, 2.75) is 13.2 Å². The van der Waals surface area contributed by atoms with Gasteiger partial charge in [-0.3, -0.25) is 0 Å². The van der Waals surface area contributed by atoms with Crippen LogP contribution >= 0.6 is 23.2 Å². The van der Waals surface area contributed by atoms with Crippen molar-refractivity contribution in [2.24, 2.45) is 0 Å². The quantitative estimate of drug-likeness (QED) is 0.709. The van der Waals surface area contributed by atoms with E-state index >= 15 is 0 Å². The Labute approximate surface area is 142 Å². The third kappa shape index (κ3) is 4.34. The van der Waals surface area contributed by atoms with E-state index < -0.39 is 0 Å². The standard InChI is InChI=1S/C15H13Cl2N5O/c16-12-5-4-11(14(17)7-12)9-23-13-3-1-2-10(6-13)8-18-15-19-21-22-20-15/h1-7H,8-9H2,(H2,18,19,20,21,22). The molecular weight excluding hydrogens is 337 g/mol. The number of rotatable bonds is 6. The Kier molecular flexibility index (Phi) is 4.95. The summed E-state index contributed by atoms with van der Waals surface area (Å²) in [7, 11) is 0. The molecule has 6 nitrogen and oxygen atoms in total. The highest BCUT2D eigenvalue weighted by Gasteiger charge is 2.04. The molecule has 3 rings (SSSR count). The molecule has 0 radical (unpaired) electrons.